The van der Waals surface area contributed by atoms with E-state index in [1.807, 2.05) is 0 Å². The van der Waals surface area contributed by atoms with Gasteiger partial charge in [0.1, 0.15) is 5.69 Å². The van der Waals surface area contributed by atoms with Crippen LogP contribution in [0.4, 0.5) is 13.2 Å². The molecule has 7 heteroatoms. The molecule has 0 radical (unpaired) electrons. The van der Waals surface area contributed by atoms with Crippen LogP contribution in [0, 0.1) is 0 Å². The van der Waals surface area contributed by atoms with E-state index in [4.69, 9.17) is 23.2 Å². The van der Waals surface area contributed by atoms with Crippen molar-refractivity contribution in [3.63, 3.8) is 0 Å². The van der Waals surface area contributed by atoms with Gasteiger partial charge in [-0.1, -0.05) is 53.5 Å². The summed E-state index contributed by atoms with van der Waals surface area (Å²) >= 11 is 11.9. The molecule has 3 rings (SSSR count). The Morgan fingerprint density at radius 3 is 2.17 bits per heavy atom. The zero-order valence-electron chi connectivity index (χ0n) is 12.0. The maximum atomic E-state index is 13.2. The predicted molar refractivity (Wildman–Crippen MR) is 87.9 cm³/mol. The number of benzene rings is 2. The fourth-order valence-electron chi connectivity index (χ4n) is 2.14. The highest BCUT2D eigenvalue weighted by Crippen LogP contribution is 2.35. The number of halogens is 5. The lowest BCUT2D eigenvalue weighted by Crippen LogP contribution is -2.10. The lowest BCUT2D eigenvalue weighted by atomic mass is 10.1. The standard InChI is InChI=1S/C17H9Cl2F3N2/c18-11-6-7-12(13(19)8-11)14-9-15(17(20,21)22)24-16(23-14)10-4-2-1-3-5-10/h1-9H. The smallest absolute Gasteiger partial charge is 0.228 e. The molecule has 1 aromatic heterocycles. The molecular formula is C17H9Cl2F3N2. The molecule has 0 spiro atoms. The van der Waals surface area contributed by atoms with Gasteiger partial charge in [0.05, 0.1) is 10.7 Å². The molecule has 0 saturated carbocycles. The van der Waals surface area contributed by atoms with Crippen molar-refractivity contribution >= 4 is 23.2 Å². The van der Waals surface area contributed by atoms with Gasteiger partial charge in [0.25, 0.3) is 0 Å². The van der Waals surface area contributed by atoms with E-state index >= 15 is 0 Å². The zero-order chi connectivity index (χ0) is 17.3. The zero-order valence-corrected chi connectivity index (χ0v) is 13.5. The molecule has 0 fully saturated rings. The summed E-state index contributed by atoms with van der Waals surface area (Å²) in [4.78, 5) is 7.88. The Morgan fingerprint density at radius 2 is 1.54 bits per heavy atom. The summed E-state index contributed by atoms with van der Waals surface area (Å²) in [5.74, 6) is -0.0218. The minimum Gasteiger partial charge on any atom is -0.228 e. The van der Waals surface area contributed by atoms with Crippen molar-refractivity contribution in [1.82, 2.24) is 9.97 Å². The van der Waals surface area contributed by atoms with Crippen LogP contribution in [0.5, 0.6) is 0 Å². The van der Waals surface area contributed by atoms with E-state index in [0.29, 0.717) is 16.1 Å². The molecule has 24 heavy (non-hydrogen) atoms. The summed E-state index contributed by atoms with van der Waals surface area (Å²) in [7, 11) is 0. The summed E-state index contributed by atoms with van der Waals surface area (Å²) in [5.41, 5.74) is -0.115. The Labute approximate surface area is 145 Å². The second-order valence-corrected chi connectivity index (χ2v) is 5.79. The molecule has 2 nitrogen and oxygen atoms in total. The highest BCUT2D eigenvalue weighted by Gasteiger charge is 2.34. The fourth-order valence-corrected chi connectivity index (χ4v) is 2.65. The molecule has 0 aliphatic heterocycles. The molecular weight excluding hydrogens is 360 g/mol. The number of hydrogen-bond acceptors (Lipinski definition) is 2. The lowest BCUT2D eigenvalue weighted by Gasteiger charge is -2.12. The van der Waals surface area contributed by atoms with Gasteiger partial charge in [-0.25, -0.2) is 9.97 Å². The molecule has 0 atom stereocenters. The number of nitrogens with zero attached hydrogens (tertiary/aromatic N) is 2. The van der Waals surface area contributed by atoms with E-state index < -0.39 is 11.9 Å². The van der Waals surface area contributed by atoms with E-state index in [2.05, 4.69) is 9.97 Å². The first-order valence-electron chi connectivity index (χ1n) is 6.82. The molecule has 0 aliphatic rings. The maximum Gasteiger partial charge on any atom is 0.433 e. The second kappa shape index (κ2) is 6.42. The van der Waals surface area contributed by atoms with Gasteiger partial charge in [0, 0.05) is 16.1 Å². The van der Waals surface area contributed by atoms with Crippen LogP contribution in [0.25, 0.3) is 22.6 Å². The monoisotopic (exact) mass is 368 g/mol. The summed E-state index contributed by atoms with van der Waals surface area (Å²) in [5, 5.41) is 0.602. The Balaban J connectivity index is 2.22. The van der Waals surface area contributed by atoms with Crippen LogP contribution < -0.4 is 0 Å². The van der Waals surface area contributed by atoms with Crippen LogP contribution in [-0.2, 0) is 6.18 Å². The van der Waals surface area contributed by atoms with E-state index in [0.717, 1.165) is 6.07 Å². The average Bonchev–Trinajstić information content (AvgIpc) is 2.54. The van der Waals surface area contributed by atoms with Crippen molar-refractivity contribution in [3.05, 3.63) is 70.3 Å². The van der Waals surface area contributed by atoms with Crippen LogP contribution in [0.1, 0.15) is 5.69 Å². The summed E-state index contributed by atoms with van der Waals surface area (Å²) < 4.78 is 39.6. The number of alkyl halides is 3. The first-order chi connectivity index (χ1) is 11.3. The first kappa shape index (κ1) is 16.7. The van der Waals surface area contributed by atoms with Crippen LogP contribution in [0.15, 0.2) is 54.6 Å². The maximum absolute atomic E-state index is 13.2. The molecule has 2 aromatic carbocycles. The van der Waals surface area contributed by atoms with Gasteiger partial charge in [-0.05, 0) is 24.3 Å². The van der Waals surface area contributed by atoms with Gasteiger partial charge in [-0.2, -0.15) is 13.2 Å². The molecule has 0 bridgehead atoms. The van der Waals surface area contributed by atoms with Crippen LogP contribution >= 0.6 is 23.2 Å². The largest absolute Gasteiger partial charge is 0.433 e. The highest BCUT2D eigenvalue weighted by molar-refractivity contribution is 6.36. The minimum atomic E-state index is -4.60. The van der Waals surface area contributed by atoms with E-state index in [-0.39, 0.29) is 16.5 Å². The SMILES string of the molecule is FC(F)(F)c1cc(-c2ccc(Cl)cc2Cl)nc(-c2ccccc2)n1. The number of rotatable bonds is 2. The van der Waals surface area contributed by atoms with Crippen LogP contribution in [-0.4, -0.2) is 9.97 Å². The van der Waals surface area contributed by atoms with Crippen LogP contribution in [0.3, 0.4) is 0 Å². The molecule has 0 unspecified atom stereocenters. The fraction of sp³-hybridized carbons (Fsp3) is 0.0588. The van der Waals surface area contributed by atoms with Gasteiger partial charge in [-0.3, -0.25) is 0 Å². The van der Waals surface area contributed by atoms with Crippen molar-refractivity contribution in [2.24, 2.45) is 0 Å². The lowest BCUT2D eigenvalue weighted by molar-refractivity contribution is -0.141. The first-order valence-corrected chi connectivity index (χ1v) is 7.57. The van der Waals surface area contributed by atoms with Crippen molar-refractivity contribution in [1.29, 1.82) is 0 Å². The highest BCUT2D eigenvalue weighted by atomic mass is 35.5. The van der Waals surface area contributed by atoms with Gasteiger partial charge >= 0.3 is 6.18 Å². The predicted octanol–water partition coefficient (Wildman–Crippen LogP) is 6.14. The Kier molecular flexibility index (Phi) is 4.47. The summed E-state index contributed by atoms with van der Waals surface area (Å²) in [6.07, 6.45) is -4.60. The molecule has 0 aliphatic carbocycles. The van der Waals surface area contributed by atoms with E-state index in [1.54, 1.807) is 36.4 Å². The Bertz CT molecular complexity index is 881. The third-order valence-electron chi connectivity index (χ3n) is 3.26. The Hall–Kier alpha value is -2.11. The van der Waals surface area contributed by atoms with Crippen molar-refractivity contribution in [2.75, 3.05) is 0 Å². The average molecular weight is 369 g/mol. The third-order valence-corrected chi connectivity index (χ3v) is 3.80. The van der Waals surface area contributed by atoms with Gasteiger partial charge in [0.15, 0.2) is 5.82 Å². The summed E-state index contributed by atoms with van der Waals surface area (Å²) in [6.45, 7) is 0. The van der Waals surface area contributed by atoms with Crippen LogP contribution in [0.2, 0.25) is 10.0 Å². The second-order valence-electron chi connectivity index (χ2n) is 4.95. The molecule has 0 amide bonds. The number of aromatic nitrogens is 2. The molecule has 0 N–H and O–H groups in total. The quantitative estimate of drug-likeness (QED) is 0.543. The third kappa shape index (κ3) is 3.52. The number of hydrogen-bond donors (Lipinski definition) is 0. The molecule has 3 aromatic rings. The molecule has 1 heterocycles. The molecule has 0 saturated heterocycles. The molecule has 122 valence electrons. The Morgan fingerprint density at radius 1 is 0.833 bits per heavy atom. The topological polar surface area (TPSA) is 25.8 Å². The van der Waals surface area contributed by atoms with E-state index in [1.165, 1.54) is 12.1 Å². The van der Waals surface area contributed by atoms with E-state index in [9.17, 15) is 13.2 Å². The van der Waals surface area contributed by atoms with Crippen molar-refractivity contribution in [3.8, 4) is 22.6 Å². The minimum absolute atomic E-state index is 0.0218. The summed E-state index contributed by atoms with van der Waals surface area (Å²) in [6, 6.07) is 13.8. The van der Waals surface area contributed by atoms with Gasteiger partial charge in [0.2, 0.25) is 0 Å². The van der Waals surface area contributed by atoms with Gasteiger partial charge < -0.3 is 0 Å². The normalized spacial score (nSPS) is 11.5. The van der Waals surface area contributed by atoms with Gasteiger partial charge in [-0.15, -0.1) is 0 Å². The van der Waals surface area contributed by atoms with Crippen molar-refractivity contribution < 1.29 is 13.2 Å². The van der Waals surface area contributed by atoms with Crippen molar-refractivity contribution in [2.45, 2.75) is 6.18 Å².